The van der Waals surface area contributed by atoms with E-state index in [1.807, 2.05) is 19.9 Å². The SMILES string of the molecule is Cc1nc(NC(=O)C2(C)CC(=O)N=C3C=CC=CN32)sc1C. The molecule has 0 aliphatic carbocycles. The van der Waals surface area contributed by atoms with Gasteiger partial charge in [-0.05, 0) is 32.9 Å². The maximum Gasteiger partial charge on any atom is 0.252 e. The van der Waals surface area contributed by atoms with E-state index < -0.39 is 5.54 Å². The molecule has 2 amide bonds. The van der Waals surface area contributed by atoms with Crippen molar-refractivity contribution >= 4 is 34.1 Å². The van der Waals surface area contributed by atoms with E-state index in [-0.39, 0.29) is 18.2 Å². The van der Waals surface area contributed by atoms with Gasteiger partial charge in [-0.2, -0.15) is 4.99 Å². The highest BCUT2D eigenvalue weighted by molar-refractivity contribution is 7.15. The molecule has 3 heterocycles. The maximum atomic E-state index is 12.8. The number of amides is 2. The lowest BCUT2D eigenvalue weighted by atomic mass is 9.91. The number of nitrogens with one attached hydrogen (secondary N) is 1. The van der Waals surface area contributed by atoms with Crippen molar-refractivity contribution in [3.8, 4) is 0 Å². The smallest absolute Gasteiger partial charge is 0.252 e. The topological polar surface area (TPSA) is 74.7 Å². The van der Waals surface area contributed by atoms with Crippen molar-refractivity contribution in [1.29, 1.82) is 0 Å². The van der Waals surface area contributed by atoms with Gasteiger partial charge >= 0.3 is 0 Å². The first kappa shape index (κ1) is 14.6. The molecule has 1 N–H and O–H groups in total. The number of carbonyl (C=O) groups excluding carboxylic acids is 2. The summed E-state index contributed by atoms with van der Waals surface area (Å²) in [5.74, 6) is -0.0693. The predicted octanol–water partition coefficient (Wildman–Crippen LogP) is 2.17. The molecule has 1 atom stereocenters. The van der Waals surface area contributed by atoms with Gasteiger partial charge in [-0.1, -0.05) is 6.08 Å². The highest BCUT2D eigenvalue weighted by atomic mass is 32.1. The monoisotopic (exact) mass is 316 g/mol. The number of rotatable bonds is 2. The van der Waals surface area contributed by atoms with E-state index in [1.165, 1.54) is 11.3 Å². The van der Waals surface area contributed by atoms with E-state index >= 15 is 0 Å². The summed E-state index contributed by atoms with van der Waals surface area (Å²) in [5.41, 5.74) is -0.114. The number of thiazole rings is 1. The van der Waals surface area contributed by atoms with Crippen LogP contribution in [0.25, 0.3) is 0 Å². The number of allylic oxidation sites excluding steroid dienone is 2. The normalized spacial score (nSPS) is 23.3. The summed E-state index contributed by atoms with van der Waals surface area (Å²) in [5, 5.41) is 3.38. The molecule has 0 radical (unpaired) electrons. The van der Waals surface area contributed by atoms with Crippen molar-refractivity contribution in [2.75, 3.05) is 5.32 Å². The second-order valence-electron chi connectivity index (χ2n) is 5.50. The Morgan fingerprint density at radius 1 is 1.41 bits per heavy atom. The Morgan fingerprint density at radius 3 is 2.86 bits per heavy atom. The van der Waals surface area contributed by atoms with Crippen LogP contribution in [0.3, 0.4) is 0 Å². The highest BCUT2D eigenvalue weighted by Crippen LogP contribution is 2.30. The summed E-state index contributed by atoms with van der Waals surface area (Å²) in [4.78, 5) is 35.7. The molecule has 114 valence electrons. The molecule has 7 heteroatoms. The van der Waals surface area contributed by atoms with Crippen molar-refractivity contribution in [1.82, 2.24) is 9.88 Å². The maximum absolute atomic E-state index is 12.8. The van der Waals surface area contributed by atoms with Crippen LogP contribution in [-0.2, 0) is 9.59 Å². The predicted molar refractivity (Wildman–Crippen MR) is 85.8 cm³/mol. The first-order chi connectivity index (χ1) is 10.4. The van der Waals surface area contributed by atoms with Gasteiger partial charge in [-0.25, -0.2) is 4.98 Å². The summed E-state index contributed by atoms with van der Waals surface area (Å²) >= 11 is 1.43. The standard InChI is InChI=1S/C15H16N4O2S/c1-9-10(2)22-14(16-9)18-13(21)15(3)8-12(20)17-11-6-4-5-7-19(11)15/h4-7H,8H2,1-3H3,(H,16,18,21). The number of hydrogen-bond donors (Lipinski definition) is 1. The van der Waals surface area contributed by atoms with Crippen LogP contribution in [0.5, 0.6) is 0 Å². The van der Waals surface area contributed by atoms with Gasteiger partial charge in [0.1, 0.15) is 11.4 Å². The van der Waals surface area contributed by atoms with Gasteiger partial charge in [0.2, 0.25) is 0 Å². The summed E-state index contributed by atoms with van der Waals surface area (Å²) in [7, 11) is 0. The Bertz CT molecular complexity index is 727. The molecule has 1 unspecified atom stereocenters. The van der Waals surface area contributed by atoms with E-state index in [0.29, 0.717) is 11.0 Å². The molecule has 0 bridgehead atoms. The molecule has 3 rings (SSSR count). The van der Waals surface area contributed by atoms with E-state index in [9.17, 15) is 9.59 Å². The van der Waals surface area contributed by atoms with E-state index in [0.717, 1.165) is 10.6 Å². The first-order valence-electron chi connectivity index (χ1n) is 6.91. The quantitative estimate of drug-likeness (QED) is 0.907. The molecular weight excluding hydrogens is 300 g/mol. The third kappa shape index (κ3) is 2.37. The zero-order valence-electron chi connectivity index (χ0n) is 12.6. The summed E-state index contributed by atoms with van der Waals surface area (Å²) in [6.07, 6.45) is 7.13. The molecule has 0 saturated heterocycles. The van der Waals surface area contributed by atoms with Crippen LogP contribution in [0.1, 0.15) is 23.9 Å². The van der Waals surface area contributed by atoms with Crippen LogP contribution < -0.4 is 5.32 Å². The number of anilines is 1. The Kier molecular flexibility index (Phi) is 3.44. The molecule has 1 aromatic heterocycles. The molecule has 0 aromatic carbocycles. The molecule has 0 saturated carbocycles. The number of aromatic nitrogens is 1. The lowest BCUT2D eigenvalue weighted by Crippen LogP contribution is -2.58. The van der Waals surface area contributed by atoms with Crippen LogP contribution in [-0.4, -0.2) is 33.1 Å². The van der Waals surface area contributed by atoms with Crippen LogP contribution >= 0.6 is 11.3 Å². The fraction of sp³-hybridized carbons (Fsp3) is 0.333. The van der Waals surface area contributed by atoms with Crippen molar-refractivity contribution in [3.63, 3.8) is 0 Å². The molecule has 22 heavy (non-hydrogen) atoms. The minimum atomic E-state index is -1.01. The van der Waals surface area contributed by atoms with Gasteiger partial charge in [0, 0.05) is 11.1 Å². The minimum Gasteiger partial charge on any atom is -0.317 e. The van der Waals surface area contributed by atoms with Crippen molar-refractivity contribution < 1.29 is 9.59 Å². The van der Waals surface area contributed by atoms with Crippen molar-refractivity contribution in [2.45, 2.75) is 32.7 Å². The van der Waals surface area contributed by atoms with Gasteiger partial charge in [0.25, 0.3) is 11.8 Å². The van der Waals surface area contributed by atoms with Crippen molar-refractivity contribution in [2.24, 2.45) is 4.99 Å². The number of carbonyl (C=O) groups is 2. The molecule has 2 aliphatic rings. The molecule has 6 nitrogen and oxygen atoms in total. The molecule has 2 aliphatic heterocycles. The zero-order chi connectivity index (χ0) is 15.9. The van der Waals surface area contributed by atoms with E-state index in [2.05, 4.69) is 15.3 Å². The number of aryl methyl sites for hydroxylation is 2. The van der Waals surface area contributed by atoms with E-state index in [4.69, 9.17) is 0 Å². The Morgan fingerprint density at radius 2 is 2.18 bits per heavy atom. The third-order valence-corrected chi connectivity index (χ3v) is 4.83. The van der Waals surface area contributed by atoms with Crippen LogP contribution in [0.2, 0.25) is 0 Å². The van der Waals surface area contributed by atoms with Gasteiger partial charge in [0.05, 0.1) is 12.1 Å². The Balaban J connectivity index is 1.90. The number of fused-ring (bicyclic) bond motifs is 1. The molecule has 1 aromatic rings. The fourth-order valence-corrected chi connectivity index (χ4v) is 3.25. The summed E-state index contributed by atoms with van der Waals surface area (Å²) in [6.45, 7) is 5.60. The van der Waals surface area contributed by atoms with Crippen molar-refractivity contribution in [3.05, 3.63) is 35.0 Å². The van der Waals surface area contributed by atoms with Crippen LogP contribution in [0.15, 0.2) is 29.4 Å². The average Bonchev–Trinajstić information content (AvgIpc) is 2.77. The highest BCUT2D eigenvalue weighted by Gasteiger charge is 2.45. The van der Waals surface area contributed by atoms with Gasteiger partial charge in [-0.3, -0.25) is 14.9 Å². The summed E-state index contributed by atoms with van der Waals surface area (Å²) < 4.78 is 0. The zero-order valence-corrected chi connectivity index (χ0v) is 13.4. The second kappa shape index (κ2) is 5.17. The number of amidine groups is 1. The number of nitrogens with zero attached hydrogens (tertiary/aromatic N) is 3. The Hall–Kier alpha value is -2.28. The largest absolute Gasteiger partial charge is 0.317 e. The lowest BCUT2D eigenvalue weighted by Gasteiger charge is -2.41. The van der Waals surface area contributed by atoms with Gasteiger partial charge in [-0.15, -0.1) is 11.3 Å². The van der Waals surface area contributed by atoms with E-state index in [1.54, 1.807) is 30.2 Å². The molecular formula is C15H16N4O2S. The fourth-order valence-electron chi connectivity index (χ4n) is 2.44. The molecule has 0 spiro atoms. The first-order valence-corrected chi connectivity index (χ1v) is 7.73. The number of hydrogen-bond acceptors (Lipinski definition) is 5. The Labute approximate surface area is 132 Å². The van der Waals surface area contributed by atoms with Gasteiger partial charge in [0.15, 0.2) is 5.13 Å². The van der Waals surface area contributed by atoms with Crippen LogP contribution in [0, 0.1) is 13.8 Å². The molecule has 0 fully saturated rings. The number of aliphatic imine (C=N–C) groups is 1. The third-order valence-electron chi connectivity index (χ3n) is 3.84. The van der Waals surface area contributed by atoms with Crippen LogP contribution in [0.4, 0.5) is 5.13 Å². The van der Waals surface area contributed by atoms with Gasteiger partial charge < -0.3 is 4.90 Å². The average molecular weight is 316 g/mol. The minimum absolute atomic E-state index is 0.0316. The summed E-state index contributed by atoms with van der Waals surface area (Å²) in [6, 6.07) is 0. The lowest BCUT2D eigenvalue weighted by molar-refractivity contribution is -0.130. The second-order valence-corrected chi connectivity index (χ2v) is 6.70.